The van der Waals surface area contributed by atoms with Gasteiger partial charge in [-0.1, -0.05) is 12.1 Å². The van der Waals surface area contributed by atoms with Crippen LogP contribution < -0.4 is 4.74 Å². The van der Waals surface area contributed by atoms with Crippen LogP contribution in [-0.2, 0) is 20.7 Å². The first kappa shape index (κ1) is 12.2. The summed E-state index contributed by atoms with van der Waals surface area (Å²) in [5.41, 5.74) is 0.868. The molecule has 1 atom stereocenters. The SMILES string of the molecule is COc1ccc(CC(=O)[C@H](C)OC=O)cc1. The highest BCUT2D eigenvalue weighted by molar-refractivity contribution is 5.85. The molecule has 0 bridgehead atoms. The third-order valence-corrected chi connectivity index (χ3v) is 2.25. The Morgan fingerprint density at radius 2 is 2.00 bits per heavy atom. The quantitative estimate of drug-likeness (QED) is 0.682. The van der Waals surface area contributed by atoms with Crippen LogP contribution >= 0.6 is 0 Å². The smallest absolute Gasteiger partial charge is 0.293 e. The van der Waals surface area contributed by atoms with E-state index in [1.54, 1.807) is 26.2 Å². The Labute approximate surface area is 94.2 Å². The number of ketones is 1. The van der Waals surface area contributed by atoms with E-state index in [0.717, 1.165) is 11.3 Å². The maximum atomic E-state index is 11.5. The number of hydrogen-bond donors (Lipinski definition) is 0. The zero-order chi connectivity index (χ0) is 12.0. The molecule has 0 spiro atoms. The molecule has 16 heavy (non-hydrogen) atoms. The molecule has 0 heterocycles. The van der Waals surface area contributed by atoms with Crippen molar-refractivity contribution in [1.29, 1.82) is 0 Å². The van der Waals surface area contributed by atoms with Crippen molar-refractivity contribution in [1.82, 2.24) is 0 Å². The molecule has 0 unspecified atom stereocenters. The molecule has 0 saturated heterocycles. The van der Waals surface area contributed by atoms with Gasteiger partial charge in [-0.25, -0.2) is 0 Å². The second-order valence-electron chi connectivity index (χ2n) is 3.37. The van der Waals surface area contributed by atoms with Crippen LogP contribution in [0.5, 0.6) is 5.75 Å². The number of methoxy groups -OCH3 is 1. The third kappa shape index (κ3) is 3.38. The minimum Gasteiger partial charge on any atom is -0.497 e. The number of carbonyl (C=O) groups excluding carboxylic acids is 2. The number of hydrogen-bond acceptors (Lipinski definition) is 4. The summed E-state index contributed by atoms with van der Waals surface area (Å²) in [6.07, 6.45) is -0.446. The molecule has 0 N–H and O–H groups in total. The first-order chi connectivity index (χ1) is 7.67. The van der Waals surface area contributed by atoms with Gasteiger partial charge in [-0.2, -0.15) is 0 Å². The van der Waals surface area contributed by atoms with E-state index in [1.807, 2.05) is 12.1 Å². The summed E-state index contributed by atoms with van der Waals surface area (Å²) in [5, 5.41) is 0. The minimum absolute atomic E-state index is 0.128. The Kier molecular flexibility index (Phi) is 4.51. The van der Waals surface area contributed by atoms with Gasteiger partial charge in [-0.05, 0) is 24.6 Å². The number of Topliss-reactive ketones (excluding diaryl/α,β-unsaturated/α-hetero) is 1. The van der Waals surface area contributed by atoms with Gasteiger partial charge in [0, 0.05) is 6.42 Å². The molecule has 4 heteroatoms. The summed E-state index contributed by atoms with van der Waals surface area (Å²) in [6.45, 7) is 1.84. The summed E-state index contributed by atoms with van der Waals surface area (Å²) >= 11 is 0. The van der Waals surface area contributed by atoms with Gasteiger partial charge in [0.15, 0.2) is 11.9 Å². The van der Waals surface area contributed by atoms with Gasteiger partial charge in [0.1, 0.15) is 5.75 Å². The summed E-state index contributed by atoms with van der Waals surface area (Å²) in [4.78, 5) is 21.6. The third-order valence-electron chi connectivity index (χ3n) is 2.25. The average molecular weight is 222 g/mol. The summed E-state index contributed by atoms with van der Waals surface area (Å²) in [6, 6.07) is 7.19. The first-order valence-corrected chi connectivity index (χ1v) is 4.92. The van der Waals surface area contributed by atoms with E-state index in [9.17, 15) is 9.59 Å². The standard InChI is InChI=1S/C12H14O4/c1-9(16-8-13)12(14)7-10-3-5-11(15-2)6-4-10/h3-6,8-9H,7H2,1-2H3/t9-/m0/s1. The lowest BCUT2D eigenvalue weighted by molar-refractivity contribution is -0.142. The maximum Gasteiger partial charge on any atom is 0.293 e. The van der Waals surface area contributed by atoms with Gasteiger partial charge in [0.25, 0.3) is 6.47 Å². The number of rotatable bonds is 6. The molecule has 4 nitrogen and oxygen atoms in total. The van der Waals surface area contributed by atoms with E-state index in [-0.39, 0.29) is 18.7 Å². The highest BCUT2D eigenvalue weighted by Crippen LogP contribution is 2.12. The number of benzene rings is 1. The largest absolute Gasteiger partial charge is 0.497 e. The van der Waals surface area contributed by atoms with Crippen LogP contribution in [0.2, 0.25) is 0 Å². The predicted octanol–water partition coefficient (Wildman–Crippen LogP) is 1.37. The van der Waals surface area contributed by atoms with Gasteiger partial charge in [0.05, 0.1) is 7.11 Å². The monoisotopic (exact) mass is 222 g/mol. The molecule has 0 aliphatic carbocycles. The van der Waals surface area contributed by atoms with Crippen molar-refractivity contribution in [3.8, 4) is 5.75 Å². The minimum atomic E-state index is -0.695. The zero-order valence-electron chi connectivity index (χ0n) is 9.30. The van der Waals surface area contributed by atoms with Crippen LogP contribution in [0.25, 0.3) is 0 Å². The Hall–Kier alpha value is -1.84. The van der Waals surface area contributed by atoms with Gasteiger partial charge in [0.2, 0.25) is 0 Å². The average Bonchev–Trinajstić information content (AvgIpc) is 2.30. The van der Waals surface area contributed by atoms with Crippen molar-refractivity contribution in [3.05, 3.63) is 29.8 Å². The van der Waals surface area contributed by atoms with Gasteiger partial charge >= 0.3 is 0 Å². The van der Waals surface area contributed by atoms with E-state index < -0.39 is 6.10 Å². The van der Waals surface area contributed by atoms with Gasteiger partial charge < -0.3 is 9.47 Å². The fraction of sp³-hybridized carbons (Fsp3) is 0.333. The second kappa shape index (κ2) is 5.90. The fourth-order valence-electron chi connectivity index (χ4n) is 1.25. The van der Waals surface area contributed by atoms with Crippen LogP contribution in [0.15, 0.2) is 24.3 Å². The van der Waals surface area contributed by atoms with Gasteiger partial charge in [-0.15, -0.1) is 0 Å². The predicted molar refractivity (Wildman–Crippen MR) is 58.3 cm³/mol. The Morgan fingerprint density at radius 1 is 1.38 bits per heavy atom. The Balaban J connectivity index is 2.58. The molecule has 0 amide bonds. The molecule has 0 radical (unpaired) electrons. The van der Waals surface area contributed by atoms with E-state index in [2.05, 4.69) is 4.74 Å². The molecule has 1 aromatic rings. The first-order valence-electron chi connectivity index (χ1n) is 4.92. The van der Waals surface area contributed by atoms with Crippen LogP contribution in [0.4, 0.5) is 0 Å². The van der Waals surface area contributed by atoms with Crippen molar-refractivity contribution in [2.24, 2.45) is 0 Å². The van der Waals surface area contributed by atoms with Crippen molar-refractivity contribution in [3.63, 3.8) is 0 Å². The molecule has 0 aliphatic heterocycles. The Morgan fingerprint density at radius 3 is 2.50 bits per heavy atom. The highest BCUT2D eigenvalue weighted by atomic mass is 16.5. The van der Waals surface area contributed by atoms with Crippen molar-refractivity contribution >= 4 is 12.3 Å². The molecular formula is C12H14O4. The molecule has 0 fully saturated rings. The molecule has 0 aromatic heterocycles. The Bertz CT molecular complexity index is 356. The van der Waals surface area contributed by atoms with E-state index in [4.69, 9.17) is 4.74 Å². The summed E-state index contributed by atoms with van der Waals surface area (Å²) < 4.78 is 9.57. The molecule has 0 saturated carbocycles. The summed E-state index contributed by atoms with van der Waals surface area (Å²) in [7, 11) is 1.58. The van der Waals surface area contributed by atoms with Crippen molar-refractivity contribution < 1.29 is 19.1 Å². The van der Waals surface area contributed by atoms with Crippen LogP contribution in [-0.4, -0.2) is 25.5 Å². The van der Waals surface area contributed by atoms with Crippen LogP contribution in [0, 0.1) is 0 Å². The lowest BCUT2D eigenvalue weighted by Gasteiger charge is -2.08. The lowest BCUT2D eigenvalue weighted by atomic mass is 10.1. The van der Waals surface area contributed by atoms with Crippen molar-refractivity contribution in [2.75, 3.05) is 7.11 Å². The van der Waals surface area contributed by atoms with Gasteiger partial charge in [-0.3, -0.25) is 9.59 Å². The topological polar surface area (TPSA) is 52.6 Å². The maximum absolute atomic E-state index is 11.5. The zero-order valence-corrected chi connectivity index (χ0v) is 9.30. The van der Waals surface area contributed by atoms with E-state index in [1.165, 1.54) is 0 Å². The molecule has 0 aliphatic rings. The lowest BCUT2D eigenvalue weighted by Crippen LogP contribution is -2.21. The molecular weight excluding hydrogens is 208 g/mol. The molecule has 1 aromatic carbocycles. The number of carbonyl (C=O) groups is 2. The van der Waals surface area contributed by atoms with Crippen LogP contribution in [0.3, 0.4) is 0 Å². The summed E-state index contributed by atoms with van der Waals surface area (Å²) in [5.74, 6) is 0.616. The van der Waals surface area contributed by atoms with E-state index >= 15 is 0 Å². The fourth-order valence-corrected chi connectivity index (χ4v) is 1.25. The molecule has 1 rings (SSSR count). The normalized spacial score (nSPS) is 11.6. The van der Waals surface area contributed by atoms with Crippen LogP contribution in [0.1, 0.15) is 12.5 Å². The second-order valence-corrected chi connectivity index (χ2v) is 3.37. The molecule has 86 valence electrons. The van der Waals surface area contributed by atoms with E-state index in [0.29, 0.717) is 0 Å². The number of ether oxygens (including phenoxy) is 2. The van der Waals surface area contributed by atoms with Crippen molar-refractivity contribution in [2.45, 2.75) is 19.4 Å². The highest BCUT2D eigenvalue weighted by Gasteiger charge is 2.13.